The average Bonchev–Trinajstić information content (AvgIpc) is 2.50. The van der Waals surface area contributed by atoms with Gasteiger partial charge in [0.25, 0.3) is 0 Å². The Bertz CT molecular complexity index is 787. The first-order chi connectivity index (χ1) is 10.5. The largest absolute Gasteiger partial charge is 0.459 e. The third kappa shape index (κ3) is 3.60. The summed E-state index contributed by atoms with van der Waals surface area (Å²) in [6.07, 6.45) is 0. The van der Waals surface area contributed by atoms with Gasteiger partial charge in [0.1, 0.15) is 24.4 Å². The number of carbonyl (C=O) groups is 2. The number of hydrogen-bond donors (Lipinski definition) is 0. The smallest absolute Gasteiger partial charge is 0.351 e. The van der Waals surface area contributed by atoms with Gasteiger partial charge in [0.15, 0.2) is 0 Å². The lowest BCUT2D eigenvalue weighted by Crippen LogP contribution is -2.19. The second-order valence-electron chi connectivity index (χ2n) is 4.54. The molecule has 6 nitrogen and oxygen atoms in total. The Balaban J connectivity index is 2.01. The maximum Gasteiger partial charge on any atom is 0.351 e. The maximum atomic E-state index is 11.8. The van der Waals surface area contributed by atoms with Crippen molar-refractivity contribution in [3.05, 3.63) is 58.5 Å². The van der Waals surface area contributed by atoms with Crippen LogP contribution in [0.2, 0.25) is 0 Å². The van der Waals surface area contributed by atoms with Gasteiger partial charge in [-0.1, -0.05) is 24.8 Å². The third-order valence-corrected chi connectivity index (χ3v) is 2.76. The highest BCUT2D eigenvalue weighted by Gasteiger charge is 2.15. The number of fused-ring (bicyclic) bond motifs is 1. The van der Waals surface area contributed by atoms with Crippen LogP contribution in [0.4, 0.5) is 0 Å². The summed E-state index contributed by atoms with van der Waals surface area (Å²) in [5, 5.41) is 0.614. The van der Waals surface area contributed by atoms with Crippen LogP contribution in [0.1, 0.15) is 17.3 Å². The van der Waals surface area contributed by atoms with E-state index in [9.17, 15) is 14.4 Å². The summed E-state index contributed by atoms with van der Waals surface area (Å²) < 4.78 is 14.7. The molecule has 0 radical (unpaired) electrons. The zero-order valence-electron chi connectivity index (χ0n) is 12.0. The third-order valence-electron chi connectivity index (χ3n) is 2.76. The number of hydrogen-bond acceptors (Lipinski definition) is 6. The molecule has 0 atom stereocenters. The topological polar surface area (TPSA) is 82.8 Å². The van der Waals surface area contributed by atoms with Crippen molar-refractivity contribution in [2.75, 3.05) is 13.2 Å². The van der Waals surface area contributed by atoms with Crippen molar-refractivity contribution in [2.45, 2.75) is 6.92 Å². The number of esters is 2. The highest BCUT2D eigenvalue weighted by Crippen LogP contribution is 2.13. The highest BCUT2D eigenvalue weighted by molar-refractivity contribution is 5.92. The fourth-order valence-electron chi connectivity index (χ4n) is 1.67. The molecule has 1 aromatic heterocycles. The highest BCUT2D eigenvalue weighted by atomic mass is 16.6. The minimum Gasteiger partial charge on any atom is -0.459 e. The molecular formula is C16H14O6. The molecule has 0 amide bonds. The van der Waals surface area contributed by atoms with Crippen LogP contribution in [0.15, 0.2) is 51.7 Å². The monoisotopic (exact) mass is 302 g/mol. The van der Waals surface area contributed by atoms with Crippen molar-refractivity contribution in [2.24, 2.45) is 0 Å². The van der Waals surface area contributed by atoms with Gasteiger partial charge in [0, 0.05) is 11.0 Å². The fraction of sp³-hybridized carbons (Fsp3) is 0.188. The molecule has 0 fully saturated rings. The lowest BCUT2D eigenvalue weighted by atomic mass is 10.2. The van der Waals surface area contributed by atoms with Crippen molar-refractivity contribution in [1.82, 2.24) is 0 Å². The molecule has 0 bridgehead atoms. The Morgan fingerprint density at radius 1 is 1.18 bits per heavy atom. The molecule has 0 unspecified atom stereocenters. The Hall–Kier alpha value is -2.89. The van der Waals surface area contributed by atoms with Crippen LogP contribution in [0.3, 0.4) is 0 Å². The van der Waals surface area contributed by atoms with Crippen LogP contribution in [0.25, 0.3) is 11.0 Å². The zero-order valence-corrected chi connectivity index (χ0v) is 12.0. The van der Waals surface area contributed by atoms with Crippen LogP contribution >= 0.6 is 0 Å². The molecule has 0 spiro atoms. The van der Waals surface area contributed by atoms with Gasteiger partial charge < -0.3 is 13.9 Å². The molecular weight excluding hydrogens is 288 g/mol. The van der Waals surface area contributed by atoms with Gasteiger partial charge in [-0.2, -0.15) is 0 Å². The first-order valence-electron chi connectivity index (χ1n) is 6.51. The van der Waals surface area contributed by atoms with E-state index in [2.05, 4.69) is 6.58 Å². The lowest BCUT2D eigenvalue weighted by Gasteiger charge is -2.06. The molecule has 0 aliphatic heterocycles. The van der Waals surface area contributed by atoms with Crippen LogP contribution in [-0.4, -0.2) is 25.2 Å². The van der Waals surface area contributed by atoms with Gasteiger partial charge >= 0.3 is 17.6 Å². The minimum atomic E-state index is -0.828. The summed E-state index contributed by atoms with van der Waals surface area (Å²) in [6.45, 7) is 4.65. The molecule has 0 saturated heterocycles. The normalized spacial score (nSPS) is 10.2. The van der Waals surface area contributed by atoms with Crippen LogP contribution in [0.5, 0.6) is 0 Å². The van der Waals surface area contributed by atoms with E-state index >= 15 is 0 Å². The summed E-state index contributed by atoms with van der Waals surface area (Å²) in [4.78, 5) is 34.7. The molecule has 0 aliphatic rings. The van der Waals surface area contributed by atoms with E-state index in [0.29, 0.717) is 11.0 Å². The predicted molar refractivity (Wildman–Crippen MR) is 78.5 cm³/mol. The van der Waals surface area contributed by atoms with Crippen LogP contribution < -0.4 is 5.63 Å². The van der Waals surface area contributed by atoms with E-state index in [-0.39, 0.29) is 24.4 Å². The molecule has 1 aromatic carbocycles. The second-order valence-corrected chi connectivity index (χ2v) is 4.54. The first kappa shape index (κ1) is 15.5. The fourth-order valence-corrected chi connectivity index (χ4v) is 1.67. The molecule has 2 aromatic rings. The van der Waals surface area contributed by atoms with Crippen molar-refractivity contribution in [3.63, 3.8) is 0 Å². The summed E-state index contributed by atoms with van der Waals surface area (Å²) in [5.41, 5.74) is -0.339. The molecule has 22 heavy (non-hydrogen) atoms. The second kappa shape index (κ2) is 6.71. The van der Waals surface area contributed by atoms with Crippen LogP contribution in [0, 0.1) is 0 Å². The van der Waals surface area contributed by atoms with Crippen molar-refractivity contribution in [3.8, 4) is 0 Å². The number of para-hydroxylation sites is 1. The van der Waals surface area contributed by atoms with E-state index in [0.717, 1.165) is 0 Å². The average molecular weight is 302 g/mol. The molecule has 114 valence electrons. The molecule has 0 N–H and O–H groups in total. The van der Waals surface area contributed by atoms with E-state index in [1.807, 2.05) is 0 Å². The standard InChI is InChI=1S/C16H14O6/c1-10(2)14(17)20-7-8-21-15(18)12-9-11-5-3-4-6-13(11)22-16(12)19/h3-6,9H,1,7-8H2,2H3. The number of rotatable bonds is 5. The minimum absolute atomic E-state index is 0.115. The maximum absolute atomic E-state index is 11.8. The van der Waals surface area contributed by atoms with Gasteiger partial charge in [0.05, 0.1) is 0 Å². The van der Waals surface area contributed by atoms with Gasteiger partial charge in [-0.25, -0.2) is 14.4 Å². The lowest BCUT2D eigenvalue weighted by molar-refractivity contribution is -0.140. The van der Waals surface area contributed by atoms with Gasteiger partial charge in [-0.05, 0) is 19.1 Å². The SMILES string of the molecule is C=C(C)C(=O)OCCOC(=O)c1cc2ccccc2oc1=O. The number of ether oxygens (including phenoxy) is 2. The molecule has 6 heteroatoms. The summed E-state index contributed by atoms with van der Waals surface area (Å²) >= 11 is 0. The van der Waals surface area contributed by atoms with Gasteiger partial charge in [0.2, 0.25) is 0 Å². The first-order valence-corrected chi connectivity index (χ1v) is 6.51. The van der Waals surface area contributed by atoms with E-state index in [4.69, 9.17) is 13.9 Å². The number of benzene rings is 1. The molecule has 2 rings (SSSR count). The number of carbonyl (C=O) groups excluding carboxylic acids is 2. The van der Waals surface area contributed by atoms with Crippen molar-refractivity contribution >= 4 is 22.9 Å². The zero-order chi connectivity index (χ0) is 16.1. The molecule has 0 aliphatic carbocycles. The summed E-state index contributed by atoms with van der Waals surface area (Å²) in [5.74, 6) is -1.40. The summed E-state index contributed by atoms with van der Waals surface area (Å²) in [6, 6.07) is 8.23. The Morgan fingerprint density at radius 3 is 2.59 bits per heavy atom. The van der Waals surface area contributed by atoms with Crippen LogP contribution in [-0.2, 0) is 14.3 Å². The van der Waals surface area contributed by atoms with E-state index < -0.39 is 17.6 Å². The quantitative estimate of drug-likeness (QED) is 0.364. The Morgan fingerprint density at radius 2 is 1.86 bits per heavy atom. The Kier molecular flexibility index (Phi) is 4.73. The van der Waals surface area contributed by atoms with Gasteiger partial charge in [-0.3, -0.25) is 0 Å². The molecule has 1 heterocycles. The van der Waals surface area contributed by atoms with E-state index in [1.54, 1.807) is 24.3 Å². The Labute approximate surface area is 125 Å². The van der Waals surface area contributed by atoms with Crippen molar-refractivity contribution in [1.29, 1.82) is 0 Å². The predicted octanol–water partition coefficient (Wildman–Crippen LogP) is 2.07. The summed E-state index contributed by atoms with van der Waals surface area (Å²) in [7, 11) is 0. The van der Waals surface area contributed by atoms with Gasteiger partial charge in [-0.15, -0.1) is 0 Å². The van der Waals surface area contributed by atoms with Crippen molar-refractivity contribution < 1.29 is 23.5 Å². The van der Waals surface area contributed by atoms with E-state index in [1.165, 1.54) is 13.0 Å². The molecule has 0 saturated carbocycles.